The number of carboxylic acid groups (broad SMARTS) is 1. The molecular formula is C13H12O3S. The summed E-state index contributed by atoms with van der Waals surface area (Å²) in [7, 11) is 0. The first-order valence-corrected chi connectivity index (χ1v) is 6.14. The zero-order valence-corrected chi connectivity index (χ0v) is 10.2. The van der Waals surface area contributed by atoms with Gasteiger partial charge in [-0.1, -0.05) is 6.07 Å². The molecule has 1 aromatic heterocycles. The first-order chi connectivity index (χ1) is 8.16. The van der Waals surface area contributed by atoms with Gasteiger partial charge in [0, 0.05) is 4.90 Å². The van der Waals surface area contributed by atoms with Gasteiger partial charge in [-0.3, -0.25) is 0 Å². The van der Waals surface area contributed by atoms with Crippen LogP contribution in [0.5, 0.6) is 0 Å². The highest BCUT2D eigenvalue weighted by Gasteiger charge is 2.08. The van der Waals surface area contributed by atoms with Crippen LogP contribution < -0.4 is 0 Å². The molecule has 0 aliphatic carbocycles. The van der Waals surface area contributed by atoms with E-state index in [1.54, 1.807) is 31.0 Å². The summed E-state index contributed by atoms with van der Waals surface area (Å²) in [6, 6.07) is 9.20. The van der Waals surface area contributed by atoms with Crippen molar-refractivity contribution in [1.29, 1.82) is 0 Å². The van der Waals surface area contributed by atoms with Crippen LogP contribution >= 0.6 is 11.8 Å². The molecule has 2 rings (SSSR count). The van der Waals surface area contributed by atoms with Crippen LogP contribution in [0.4, 0.5) is 0 Å². The van der Waals surface area contributed by atoms with E-state index in [4.69, 9.17) is 9.52 Å². The second kappa shape index (κ2) is 5.10. The van der Waals surface area contributed by atoms with Gasteiger partial charge in [0.25, 0.3) is 0 Å². The Bertz CT molecular complexity index is 517. The average molecular weight is 248 g/mol. The van der Waals surface area contributed by atoms with Crippen LogP contribution in [0.2, 0.25) is 0 Å². The first-order valence-electron chi connectivity index (χ1n) is 5.16. The van der Waals surface area contributed by atoms with Crippen molar-refractivity contribution in [2.75, 3.05) is 0 Å². The number of carbonyl (C=O) groups is 1. The zero-order chi connectivity index (χ0) is 12.3. The predicted molar refractivity (Wildman–Crippen MR) is 66.4 cm³/mol. The maximum Gasteiger partial charge on any atom is 0.335 e. The Hall–Kier alpha value is -1.68. The molecule has 0 spiro atoms. The number of rotatable bonds is 4. The largest absolute Gasteiger partial charge is 0.478 e. The van der Waals surface area contributed by atoms with E-state index in [9.17, 15) is 4.79 Å². The Balaban J connectivity index is 2.11. The summed E-state index contributed by atoms with van der Waals surface area (Å²) in [5.74, 6) is 0.699. The summed E-state index contributed by atoms with van der Waals surface area (Å²) < 4.78 is 5.22. The van der Waals surface area contributed by atoms with Gasteiger partial charge in [0.1, 0.15) is 5.76 Å². The van der Waals surface area contributed by atoms with E-state index < -0.39 is 5.97 Å². The Kier molecular flexibility index (Phi) is 3.54. The Morgan fingerprint density at radius 1 is 1.41 bits per heavy atom. The van der Waals surface area contributed by atoms with Crippen LogP contribution in [0.25, 0.3) is 0 Å². The van der Waals surface area contributed by atoms with E-state index >= 15 is 0 Å². The molecule has 1 N–H and O–H groups in total. The molecule has 0 saturated carbocycles. The van der Waals surface area contributed by atoms with E-state index in [-0.39, 0.29) is 0 Å². The monoisotopic (exact) mass is 248 g/mol. The molecule has 1 heterocycles. The fraction of sp³-hybridized carbons (Fsp3) is 0.154. The normalized spacial score (nSPS) is 10.4. The molecule has 3 nitrogen and oxygen atoms in total. The zero-order valence-electron chi connectivity index (χ0n) is 9.34. The summed E-state index contributed by atoms with van der Waals surface area (Å²) in [6.45, 7) is 1.80. The van der Waals surface area contributed by atoms with Gasteiger partial charge in [-0.2, -0.15) is 0 Å². The fourth-order valence-corrected chi connectivity index (χ4v) is 2.31. The third kappa shape index (κ3) is 2.91. The van der Waals surface area contributed by atoms with E-state index in [0.29, 0.717) is 11.3 Å². The third-order valence-electron chi connectivity index (χ3n) is 2.40. The van der Waals surface area contributed by atoms with Crippen LogP contribution in [-0.2, 0) is 5.75 Å². The molecular weight excluding hydrogens is 236 g/mol. The Labute approximate surface area is 103 Å². The summed E-state index contributed by atoms with van der Waals surface area (Å²) in [5.41, 5.74) is 1.13. The number of benzene rings is 1. The van der Waals surface area contributed by atoms with Crippen molar-refractivity contribution >= 4 is 17.7 Å². The Morgan fingerprint density at radius 2 is 2.24 bits per heavy atom. The lowest BCUT2D eigenvalue weighted by Crippen LogP contribution is -1.99. The van der Waals surface area contributed by atoms with Gasteiger partial charge in [-0.05, 0) is 36.8 Å². The topological polar surface area (TPSA) is 50.4 Å². The smallest absolute Gasteiger partial charge is 0.335 e. The standard InChI is InChI=1S/C13H12O3S/c1-9-4-5-11(7-12(9)13(14)15)17-8-10-3-2-6-16-10/h2-7H,8H2,1H3,(H,14,15). The minimum atomic E-state index is -0.886. The van der Waals surface area contributed by atoms with E-state index in [1.165, 1.54) is 0 Å². The fourth-order valence-electron chi connectivity index (χ4n) is 1.47. The van der Waals surface area contributed by atoms with Crippen molar-refractivity contribution < 1.29 is 14.3 Å². The number of furan rings is 1. The third-order valence-corrected chi connectivity index (χ3v) is 3.42. The van der Waals surface area contributed by atoms with E-state index in [2.05, 4.69) is 0 Å². The number of carboxylic acids is 1. The van der Waals surface area contributed by atoms with Gasteiger partial charge in [-0.15, -0.1) is 11.8 Å². The average Bonchev–Trinajstić information content (AvgIpc) is 2.80. The van der Waals surface area contributed by atoms with Gasteiger partial charge in [0.05, 0.1) is 17.6 Å². The highest BCUT2D eigenvalue weighted by Crippen LogP contribution is 2.25. The molecule has 88 valence electrons. The molecule has 0 bridgehead atoms. The molecule has 2 aromatic rings. The SMILES string of the molecule is Cc1ccc(SCc2ccco2)cc1C(=O)O. The van der Waals surface area contributed by atoms with E-state index in [0.717, 1.165) is 16.2 Å². The molecule has 0 aliphatic rings. The molecule has 0 aliphatic heterocycles. The molecule has 0 saturated heterocycles. The molecule has 0 radical (unpaired) electrons. The number of hydrogen-bond acceptors (Lipinski definition) is 3. The number of hydrogen-bond donors (Lipinski definition) is 1. The summed E-state index contributed by atoms with van der Waals surface area (Å²) in [4.78, 5) is 11.9. The Morgan fingerprint density at radius 3 is 2.88 bits per heavy atom. The van der Waals surface area contributed by atoms with Crippen molar-refractivity contribution in [1.82, 2.24) is 0 Å². The quantitative estimate of drug-likeness (QED) is 0.840. The van der Waals surface area contributed by atoms with Gasteiger partial charge < -0.3 is 9.52 Å². The van der Waals surface area contributed by atoms with Crippen LogP contribution in [0, 0.1) is 6.92 Å². The maximum absolute atomic E-state index is 11.0. The lowest BCUT2D eigenvalue weighted by molar-refractivity contribution is 0.0696. The minimum absolute atomic E-state index is 0.356. The van der Waals surface area contributed by atoms with Gasteiger partial charge in [0.15, 0.2) is 0 Å². The highest BCUT2D eigenvalue weighted by atomic mass is 32.2. The second-order valence-corrected chi connectivity index (χ2v) is 4.70. The van der Waals surface area contributed by atoms with Crippen molar-refractivity contribution in [3.8, 4) is 0 Å². The molecule has 1 aromatic carbocycles. The van der Waals surface area contributed by atoms with Crippen molar-refractivity contribution in [3.05, 3.63) is 53.5 Å². The summed E-state index contributed by atoms with van der Waals surface area (Å²) >= 11 is 1.56. The predicted octanol–water partition coefficient (Wildman–Crippen LogP) is 3.58. The van der Waals surface area contributed by atoms with Gasteiger partial charge >= 0.3 is 5.97 Å². The van der Waals surface area contributed by atoms with Crippen molar-refractivity contribution in [2.45, 2.75) is 17.6 Å². The van der Waals surface area contributed by atoms with Crippen molar-refractivity contribution in [2.24, 2.45) is 0 Å². The highest BCUT2D eigenvalue weighted by molar-refractivity contribution is 7.98. The molecule has 4 heteroatoms. The van der Waals surface area contributed by atoms with E-state index in [1.807, 2.05) is 24.3 Å². The van der Waals surface area contributed by atoms with Crippen LogP contribution in [0.15, 0.2) is 45.9 Å². The molecule has 0 amide bonds. The van der Waals surface area contributed by atoms with Gasteiger partial charge in [-0.25, -0.2) is 4.79 Å². The first kappa shape index (κ1) is 11.8. The lowest BCUT2D eigenvalue weighted by Gasteiger charge is -2.04. The number of aryl methyl sites for hydroxylation is 1. The molecule has 0 fully saturated rings. The summed E-state index contributed by atoms with van der Waals surface area (Å²) in [5, 5.41) is 9.01. The number of thioether (sulfide) groups is 1. The summed E-state index contributed by atoms with van der Waals surface area (Å²) in [6.07, 6.45) is 1.63. The number of aromatic carboxylic acids is 1. The lowest BCUT2D eigenvalue weighted by atomic mass is 10.1. The molecule has 0 atom stereocenters. The van der Waals surface area contributed by atoms with Crippen LogP contribution in [0.1, 0.15) is 21.7 Å². The van der Waals surface area contributed by atoms with Crippen molar-refractivity contribution in [3.63, 3.8) is 0 Å². The molecule has 17 heavy (non-hydrogen) atoms. The second-order valence-electron chi connectivity index (χ2n) is 3.65. The molecule has 0 unspecified atom stereocenters. The maximum atomic E-state index is 11.0. The van der Waals surface area contributed by atoms with Gasteiger partial charge in [0.2, 0.25) is 0 Å². The minimum Gasteiger partial charge on any atom is -0.478 e. The van der Waals surface area contributed by atoms with Crippen LogP contribution in [0.3, 0.4) is 0 Å². The van der Waals surface area contributed by atoms with Crippen LogP contribution in [-0.4, -0.2) is 11.1 Å².